The van der Waals surface area contributed by atoms with Gasteiger partial charge in [0.15, 0.2) is 9.84 Å². The first-order valence-electron chi connectivity index (χ1n) is 5.24. The lowest BCUT2D eigenvalue weighted by atomic mass is 10.1. The van der Waals surface area contributed by atoms with Gasteiger partial charge in [-0.15, -0.1) is 0 Å². The summed E-state index contributed by atoms with van der Waals surface area (Å²) in [6.07, 6.45) is 0. The van der Waals surface area contributed by atoms with Crippen LogP contribution in [0.2, 0.25) is 0 Å². The van der Waals surface area contributed by atoms with Gasteiger partial charge in [-0.3, -0.25) is 0 Å². The van der Waals surface area contributed by atoms with Crippen molar-refractivity contribution in [1.82, 2.24) is 0 Å². The minimum absolute atomic E-state index is 0.00840. The average Bonchev–Trinajstić information content (AvgIpc) is 2.28. The van der Waals surface area contributed by atoms with Crippen LogP contribution in [0.5, 0.6) is 0 Å². The number of sulfone groups is 1. The quantitative estimate of drug-likeness (QED) is 0.915. The molecule has 0 saturated carbocycles. The lowest BCUT2D eigenvalue weighted by Gasteiger charge is -2.16. The van der Waals surface area contributed by atoms with E-state index in [0.717, 1.165) is 12.1 Å². The molecule has 7 heteroatoms. The van der Waals surface area contributed by atoms with Gasteiger partial charge in [-0.1, -0.05) is 6.07 Å². The number of rotatable bonds is 4. The number of benzene rings is 1. The molecule has 0 heterocycles. The summed E-state index contributed by atoms with van der Waals surface area (Å²) in [7, 11) is -3.50. The van der Waals surface area contributed by atoms with E-state index in [2.05, 4.69) is 15.9 Å². The van der Waals surface area contributed by atoms with Gasteiger partial charge in [0.1, 0.15) is 0 Å². The van der Waals surface area contributed by atoms with Crippen molar-refractivity contribution in [2.75, 3.05) is 6.54 Å². The van der Waals surface area contributed by atoms with Crippen molar-refractivity contribution in [3.05, 3.63) is 28.2 Å². The van der Waals surface area contributed by atoms with Crippen LogP contribution < -0.4 is 5.73 Å². The van der Waals surface area contributed by atoms with Gasteiger partial charge in [0.05, 0.1) is 16.7 Å². The van der Waals surface area contributed by atoms with Crippen LogP contribution in [-0.4, -0.2) is 20.2 Å². The highest BCUT2D eigenvalue weighted by molar-refractivity contribution is 9.10. The zero-order valence-corrected chi connectivity index (χ0v) is 12.4. The molecule has 3 nitrogen and oxygen atoms in total. The Kier molecular flexibility index (Phi) is 4.51. The predicted octanol–water partition coefficient (Wildman–Crippen LogP) is 2.68. The van der Waals surface area contributed by atoms with E-state index < -0.39 is 27.6 Å². The van der Waals surface area contributed by atoms with Gasteiger partial charge in [-0.05, 0) is 41.9 Å². The second-order valence-corrected chi connectivity index (χ2v) is 7.47. The minimum atomic E-state index is -3.50. The summed E-state index contributed by atoms with van der Waals surface area (Å²) in [6.45, 7) is 2.24. The zero-order valence-electron chi connectivity index (χ0n) is 9.95. The fourth-order valence-corrected chi connectivity index (χ4v) is 3.48. The molecule has 1 rings (SSSR count). The Morgan fingerprint density at radius 1 is 1.39 bits per heavy atom. The van der Waals surface area contributed by atoms with E-state index in [9.17, 15) is 17.2 Å². The normalized spacial score (nSPS) is 13.1. The Labute approximate surface area is 113 Å². The third kappa shape index (κ3) is 2.89. The van der Waals surface area contributed by atoms with Crippen molar-refractivity contribution < 1.29 is 17.2 Å². The molecule has 0 amide bonds. The molecule has 1 aromatic rings. The third-order valence-electron chi connectivity index (χ3n) is 2.54. The van der Waals surface area contributed by atoms with E-state index >= 15 is 0 Å². The van der Waals surface area contributed by atoms with Crippen LogP contribution in [0.25, 0.3) is 0 Å². The van der Waals surface area contributed by atoms with Crippen molar-refractivity contribution in [3.63, 3.8) is 0 Å². The van der Waals surface area contributed by atoms with Crippen LogP contribution in [0.3, 0.4) is 0 Å². The van der Waals surface area contributed by atoms with E-state index in [1.807, 2.05) is 0 Å². The van der Waals surface area contributed by atoms with E-state index in [0.29, 0.717) is 0 Å². The Balaban J connectivity index is 3.33. The SMILES string of the molecule is CC(C)S(=O)(=O)c1ccc(C(F)(F)CN)cc1Br. The van der Waals surface area contributed by atoms with E-state index in [4.69, 9.17) is 5.73 Å². The highest BCUT2D eigenvalue weighted by atomic mass is 79.9. The predicted molar refractivity (Wildman–Crippen MR) is 69.4 cm³/mol. The smallest absolute Gasteiger partial charge is 0.285 e. The van der Waals surface area contributed by atoms with Crippen molar-refractivity contribution in [1.29, 1.82) is 0 Å². The largest absolute Gasteiger partial charge is 0.325 e. The van der Waals surface area contributed by atoms with Gasteiger partial charge in [0.2, 0.25) is 0 Å². The van der Waals surface area contributed by atoms with Crippen molar-refractivity contribution in [2.45, 2.75) is 29.9 Å². The third-order valence-corrected chi connectivity index (χ3v) is 5.67. The maximum Gasteiger partial charge on any atom is 0.285 e. The lowest BCUT2D eigenvalue weighted by Crippen LogP contribution is -2.25. The summed E-state index contributed by atoms with van der Waals surface area (Å²) in [6, 6.07) is 3.37. The molecule has 102 valence electrons. The summed E-state index contributed by atoms with van der Waals surface area (Å²) in [5.41, 5.74) is 4.67. The molecular weight excluding hydrogens is 328 g/mol. The van der Waals surface area contributed by atoms with Crippen LogP contribution in [-0.2, 0) is 15.8 Å². The first-order chi connectivity index (χ1) is 8.13. The first kappa shape index (κ1) is 15.5. The zero-order chi connectivity index (χ0) is 14.1. The Morgan fingerprint density at radius 2 is 1.94 bits per heavy atom. The monoisotopic (exact) mass is 341 g/mol. The lowest BCUT2D eigenvalue weighted by molar-refractivity contribution is 0.00583. The second kappa shape index (κ2) is 5.22. The molecule has 1 aromatic carbocycles. The maximum atomic E-state index is 13.4. The van der Waals surface area contributed by atoms with Gasteiger partial charge < -0.3 is 5.73 Å². The maximum absolute atomic E-state index is 13.4. The van der Waals surface area contributed by atoms with E-state index in [1.165, 1.54) is 19.9 Å². The Hall–Kier alpha value is -0.530. The Morgan fingerprint density at radius 3 is 2.33 bits per heavy atom. The summed E-state index contributed by atoms with van der Waals surface area (Å²) >= 11 is 3.02. The molecule has 0 fully saturated rings. The first-order valence-corrected chi connectivity index (χ1v) is 7.58. The molecule has 0 spiro atoms. The van der Waals surface area contributed by atoms with Crippen molar-refractivity contribution in [3.8, 4) is 0 Å². The van der Waals surface area contributed by atoms with Crippen LogP contribution in [0.4, 0.5) is 8.78 Å². The van der Waals surface area contributed by atoms with Crippen molar-refractivity contribution in [2.24, 2.45) is 5.73 Å². The van der Waals surface area contributed by atoms with Crippen LogP contribution in [0, 0.1) is 0 Å². The van der Waals surface area contributed by atoms with E-state index in [1.54, 1.807) is 0 Å². The molecule has 0 atom stereocenters. The van der Waals surface area contributed by atoms with Gasteiger partial charge >= 0.3 is 0 Å². The second-order valence-electron chi connectivity index (χ2n) is 4.15. The molecule has 0 aromatic heterocycles. The average molecular weight is 342 g/mol. The molecule has 0 radical (unpaired) electrons. The summed E-state index contributed by atoms with van der Waals surface area (Å²) in [5, 5.41) is -0.616. The van der Waals surface area contributed by atoms with Crippen LogP contribution >= 0.6 is 15.9 Å². The number of halogens is 3. The van der Waals surface area contributed by atoms with Gasteiger partial charge in [0.25, 0.3) is 5.92 Å². The Bertz CT molecular complexity index is 544. The number of hydrogen-bond acceptors (Lipinski definition) is 3. The summed E-state index contributed by atoms with van der Waals surface area (Å²) < 4.78 is 50.7. The van der Waals surface area contributed by atoms with Gasteiger partial charge in [0, 0.05) is 10.0 Å². The number of hydrogen-bond donors (Lipinski definition) is 1. The topological polar surface area (TPSA) is 60.2 Å². The highest BCUT2D eigenvalue weighted by Crippen LogP contribution is 2.33. The van der Waals surface area contributed by atoms with E-state index in [-0.39, 0.29) is 14.9 Å². The van der Waals surface area contributed by atoms with Crippen LogP contribution in [0.1, 0.15) is 19.4 Å². The van der Waals surface area contributed by atoms with Crippen LogP contribution in [0.15, 0.2) is 27.6 Å². The minimum Gasteiger partial charge on any atom is -0.325 e. The van der Waals surface area contributed by atoms with Gasteiger partial charge in [-0.2, -0.15) is 8.78 Å². The fourth-order valence-electron chi connectivity index (χ4n) is 1.33. The fraction of sp³-hybridized carbons (Fsp3) is 0.455. The number of nitrogens with two attached hydrogens (primary N) is 1. The molecule has 0 unspecified atom stereocenters. The molecule has 0 aliphatic heterocycles. The molecule has 2 N–H and O–H groups in total. The molecule has 0 aliphatic rings. The number of alkyl halides is 2. The molecule has 0 saturated heterocycles. The highest BCUT2D eigenvalue weighted by Gasteiger charge is 2.31. The molecule has 0 aliphatic carbocycles. The standard InChI is InChI=1S/C11H14BrF2NO2S/c1-7(2)18(16,17)10-4-3-8(5-9(10)12)11(13,14)6-15/h3-5,7H,6,15H2,1-2H3. The summed E-state index contributed by atoms with van der Waals surface area (Å²) in [4.78, 5) is 0.00840. The molecule has 18 heavy (non-hydrogen) atoms. The summed E-state index contributed by atoms with van der Waals surface area (Å²) in [5.74, 6) is -3.16. The van der Waals surface area contributed by atoms with Crippen molar-refractivity contribution >= 4 is 25.8 Å². The molecular formula is C11H14BrF2NO2S. The molecule has 0 bridgehead atoms. The van der Waals surface area contributed by atoms with Gasteiger partial charge in [-0.25, -0.2) is 8.42 Å².